The van der Waals surface area contributed by atoms with E-state index in [1.807, 2.05) is 30.3 Å². The fraction of sp³-hybridized carbons (Fsp3) is 0.250. The number of sulfonamides is 1. The fourth-order valence-corrected chi connectivity index (χ4v) is 4.81. The van der Waals surface area contributed by atoms with Crippen molar-refractivity contribution in [2.45, 2.75) is 11.4 Å². The second-order valence-corrected chi connectivity index (χ2v) is 8.86. The van der Waals surface area contributed by atoms with Crippen LogP contribution in [0, 0.1) is 10.1 Å². The Morgan fingerprint density at radius 2 is 1.77 bits per heavy atom. The van der Waals surface area contributed by atoms with E-state index in [4.69, 9.17) is 4.42 Å². The number of hydrogen-bond donors (Lipinski definition) is 0. The van der Waals surface area contributed by atoms with Gasteiger partial charge in [-0.3, -0.25) is 15.0 Å². The first-order valence-corrected chi connectivity index (χ1v) is 10.8. The molecule has 1 fully saturated rings. The van der Waals surface area contributed by atoms with Gasteiger partial charge in [-0.1, -0.05) is 36.4 Å². The molecule has 2 aromatic carbocycles. The van der Waals surface area contributed by atoms with Crippen LogP contribution >= 0.6 is 0 Å². The van der Waals surface area contributed by atoms with Gasteiger partial charge < -0.3 is 4.42 Å². The molecule has 9 nitrogen and oxygen atoms in total. The summed E-state index contributed by atoms with van der Waals surface area (Å²) >= 11 is 0. The summed E-state index contributed by atoms with van der Waals surface area (Å²) in [6.45, 7) is 2.08. The summed E-state index contributed by atoms with van der Waals surface area (Å²) in [6.07, 6.45) is 1.69. The van der Waals surface area contributed by atoms with E-state index in [0.29, 0.717) is 31.3 Å². The lowest BCUT2D eigenvalue weighted by Gasteiger charge is -2.33. The van der Waals surface area contributed by atoms with E-state index in [0.717, 1.165) is 11.6 Å². The van der Waals surface area contributed by atoms with Crippen molar-refractivity contribution < 1.29 is 17.8 Å². The van der Waals surface area contributed by atoms with Crippen molar-refractivity contribution in [3.05, 3.63) is 76.8 Å². The number of piperazine rings is 1. The van der Waals surface area contributed by atoms with Crippen LogP contribution in [0.15, 0.2) is 70.1 Å². The molecule has 1 aliphatic heterocycles. The Labute approximate surface area is 173 Å². The Morgan fingerprint density at radius 1 is 1.03 bits per heavy atom. The Morgan fingerprint density at radius 3 is 2.47 bits per heavy atom. The van der Waals surface area contributed by atoms with Gasteiger partial charge in [0.05, 0.1) is 22.6 Å². The van der Waals surface area contributed by atoms with Crippen molar-refractivity contribution in [3.63, 3.8) is 0 Å². The van der Waals surface area contributed by atoms with Crippen LogP contribution in [0.1, 0.15) is 5.89 Å². The van der Waals surface area contributed by atoms with Crippen molar-refractivity contribution in [2.24, 2.45) is 0 Å². The highest BCUT2D eigenvalue weighted by molar-refractivity contribution is 7.89. The number of oxazole rings is 1. The maximum Gasteiger partial charge on any atom is 0.270 e. The molecule has 2 heterocycles. The zero-order valence-corrected chi connectivity index (χ0v) is 16.9. The number of rotatable bonds is 6. The monoisotopic (exact) mass is 428 g/mol. The standard InChI is InChI=1S/C20H20N4O5S/c25-24(26)17-7-4-8-18(13-17)30(27,28)23-11-9-22(10-12-23)15-20-21-14-19(29-20)16-5-2-1-3-6-16/h1-8,13-14H,9-12,15H2. The zero-order valence-electron chi connectivity index (χ0n) is 16.0. The van der Waals surface area contributed by atoms with Crippen LogP contribution in [0.25, 0.3) is 11.3 Å². The summed E-state index contributed by atoms with van der Waals surface area (Å²) < 4.78 is 32.9. The lowest BCUT2D eigenvalue weighted by Crippen LogP contribution is -2.48. The maximum absolute atomic E-state index is 12.8. The Hall–Kier alpha value is -3.08. The Kier molecular flexibility index (Phi) is 5.62. The van der Waals surface area contributed by atoms with Crippen molar-refractivity contribution in [1.29, 1.82) is 0 Å². The minimum Gasteiger partial charge on any atom is -0.439 e. The minimum atomic E-state index is -3.78. The summed E-state index contributed by atoms with van der Waals surface area (Å²) in [5.74, 6) is 1.27. The topological polar surface area (TPSA) is 110 Å². The first-order valence-electron chi connectivity index (χ1n) is 9.40. The van der Waals surface area contributed by atoms with E-state index in [-0.39, 0.29) is 23.7 Å². The van der Waals surface area contributed by atoms with Crippen LogP contribution in [0.2, 0.25) is 0 Å². The van der Waals surface area contributed by atoms with Crippen LogP contribution in [0.5, 0.6) is 0 Å². The molecule has 0 saturated carbocycles. The highest BCUT2D eigenvalue weighted by atomic mass is 32.2. The molecular formula is C20H20N4O5S. The van der Waals surface area contributed by atoms with Gasteiger partial charge >= 0.3 is 0 Å². The highest BCUT2D eigenvalue weighted by Gasteiger charge is 2.30. The van der Waals surface area contributed by atoms with Gasteiger partial charge in [0.25, 0.3) is 5.69 Å². The summed E-state index contributed by atoms with van der Waals surface area (Å²) in [7, 11) is -3.78. The predicted molar refractivity (Wildman–Crippen MR) is 109 cm³/mol. The molecule has 0 spiro atoms. The molecule has 3 aromatic rings. The molecule has 0 amide bonds. The van der Waals surface area contributed by atoms with Crippen LogP contribution in [0.4, 0.5) is 5.69 Å². The molecule has 0 atom stereocenters. The van der Waals surface area contributed by atoms with Crippen molar-refractivity contribution in [3.8, 4) is 11.3 Å². The van der Waals surface area contributed by atoms with Gasteiger partial charge in [0.15, 0.2) is 5.76 Å². The van der Waals surface area contributed by atoms with E-state index < -0.39 is 14.9 Å². The fourth-order valence-electron chi connectivity index (χ4n) is 3.35. The Bertz CT molecular complexity index is 1140. The first kappa shape index (κ1) is 20.2. The van der Waals surface area contributed by atoms with Crippen LogP contribution in [0.3, 0.4) is 0 Å². The molecule has 4 rings (SSSR count). The lowest BCUT2D eigenvalue weighted by atomic mass is 10.2. The third-order valence-electron chi connectivity index (χ3n) is 4.97. The van der Waals surface area contributed by atoms with E-state index in [1.165, 1.54) is 22.5 Å². The van der Waals surface area contributed by atoms with Crippen molar-refractivity contribution >= 4 is 15.7 Å². The third kappa shape index (κ3) is 4.25. The van der Waals surface area contributed by atoms with Gasteiger partial charge in [-0.2, -0.15) is 4.31 Å². The number of non-ortho nitro benzene ring substituents is 1. The molecule has 1 aromatic heterocycles. The lowest BCUT2D eigenvalue weighted by molar-refractivity contribution is -0.385. The molecule has 156 valence electrons. The summed E-state index contributed by atoms with van der Waals surface area (Å²) in [6, 6.07) is 14.8. The van der Waals surface area contributed by atoms with E-state index in [1.54, 1.807) is 6.20 Å². The predicted octanol–water partition coefficient (Wildman–Crippen LogP) is 2.76. The van der Waals surface area contributed by atoms with E-state index in [9.17, 15) is 18.5 Å². The number of hydrogen-bond acceptors (Lipinski definition) is 7. The summed E-state index contributed by atoms with van der Waals surface area (Å²) in [4.78, 5) is 16.7. The SMILES string of the molecule is O=[N+]([O-])c1cccc(S(=O)(=O)N2CCN(Cc3ncc(-c4ccccc4)o3)CC2)c1. The van der Waals surface area contributed by atoms with Gasteiger partial charge in [0.1, 0.15) is 0 Å². The van der Waals surface area contributed by atoms with E-state index in [2.05, 4.69) is 9.88 Å². The molecule has 1 aliphatic rings. The highest BCUT2D eigenvalue weighted by Crippen LogP contribution is 2.23. The number of nitrogens with zero attached hydrogens (tertiary/aromatic N) is 4. The number of nitro groups is 1. The molecular weight excluding hydrogens is 408 g/mol. The van der Waals surface area contributed by atoms with Gasteiger partial charge in [0.2, 0.25) is 15.9 Å². The largest absolute Gasteiger partial charge is 0.439 e. The number of nitro benzene ring substituents is 1. The number of benzene rings is 2. The van der Waals surface area contributed by atoms with E-state index >= 15 is 0 Å². The van der Waals surface area contributed by atoms with Crippen LogP contribution < -0.4 is 0 Å². The second kappa shape index (κ2) is 8.34. The molecule has 0 bridgehead atoms. The number of aromatic nitrogens is 1. The van der Waals surface area contributed by atoms with Crippen LogP contribution in [-0.4, -0.2) is 53.7 Å². The summed E-state index contributed by atoms with van der Waals surface area (Å²) in [5, 5.41) is 10.9. The maximum atomic E-state index is 12.8. The minimum absolute atomic E-state index is 0.0645. The summed E-state index contributed by atoms with van der Waals surface area (Å²) in [5.41, 5.74) is 0.706. The second-order valence-electron chi connectivity index (χ2n) is 6.92. The molecule has 0 aliphatic carbocycles. The molecule has 10 heteroatoms. The zero-order chi connectivity index (χ0) is 21.1. The molecule has 30 heavy (non-hydrogen) atoms. The molecule has 1 saturated heterocycles. The average Bonchev–Trinajstić information content (AvgIpc) is 3.23. The third-order valence-corrected chi connectivity index (χ3v) is 6.86. The molecule has 0 N–H and O–H groups in total. The molecule has 0 radical (unpaired) electrons. The quantitative estimate of drug-likeness (QED) is 0.438. The van der Waals surface area contributed by atoms with Crippen LogP contribution in [-0.2, 0) is 16.6 Å². The van der Waals surface area contributed by atoms with Gasteiger partial charge in [-0.25, -0.2) is 13.4 Å². The van der Waals surface area contributed by atoms with Gasteiger partial charge in [-0.15, -0.1) is 0 Å². The van der Waals surface area contributed by atoms with Gasteiger partial charge in [0, 0.05) is 43.9 Å². The van der Waals surface area contributed by atoms with Crippen molar-refractivity contribution in [2.75, 3.05) is 26.2 Å². The average molecular weight is 428 g/mol. The smallest absolute Gasteiger partial charge is 0.270 e. The van der Waals surface area contributed by atoms with Gasteiger partial charge in [-0.05, 0) is 6.07 Å². The molecule has 0 unspecified atom stereocenters. The normalized spacial score (nSPS) is 15.9. The Balaban J connectivity index is 1.39. The van der Waals surface area contributed by atoms with Crippen molar-refractivity contribution in [1.82, 2.24) is 14.2 Å². The first-order chi connectivity index (χ1) is 14.4.